The standard InChI is InChI=1S/C14H10FN3S/c15-11-6-2-1-5-10(11)12-9-17-14(19-12)18-13-7-3-4-8-16-13/h1-9H,(H,16,17,18). The Morgan fingerprint density at radius 1 is 1.00 bits per heavy atom. The van der Waals surface area contributed by atoms with E-state index < -0.39 is 0 Å². The summed E-state index contributed by atoms with van der Waals surface area (Å²) < 4.78 is 13.7. The van der Waals surface area contributed by atoms with E-state index in [1.807, 2.05) is 24.3 Å². The van der Waals surface area contributed by atoms with Crippen molar-refractivity contribution in [3.05, 3.63) is 60.7 Å². The van der Waals surface area contributed by atoms with Crippen molar-refractivity contribution in [3.63, 3.8) is 0 Å². The molecule has 1 aromatic carbocycles. The molecule has 3 nitrogen and oxygen atoms in total. The predicted octanol–water partition coefficient (Wildman–Crippen LogP) is 4.09. The van der Waals surface area contributed by atoms with E-state index in [0.717, 1.165) is 10.7 Å². The molecule has 0 atom stereocenters. The fraction of sp³-hybridized carbons (Fsp3) is 0. The lowest BCUT2D eigenvalue weighted by Crippen LogP contribution is -1.90. The largest absolute Gasteiger partial charge is 0.316 e. The first-order chi connectivity index (χ1) is 9.33. The molecule has 1 N–H and O–H groups in total. The van der Waals surface area contributed by atoms with E-state index in [1.165, 1.54) is 17.4 Å². The zero-order valence-electron chi connectivity index (χ0n) is 9.88. The molecule has 0 aliphatic heterocycles. The number of pyridine rings is 1. The highest BCUT2D eigenvalue weighted by molar-refractivity contribution is 7.18. The van der Waals surface area contributed by atoms with Crippen LogP contribution in [-0.2, 0) is 0 Å². The number of nitrogens with one attached hydrogen (secondary N) is 1. The number of rotatable bonds is 3. The van der Waals surface area contributed by atoms with Crippen LogP contribution in [0.5, 0.6) is 0 Å². The monoisotopic (exact) mass is 271 g/mol. The van der Waals surface area contributed by atoms with Crippen LogP contribution in [0.25, 0.3) is 10.4 Å². The number of benzene rings is 1. The number of anilines is 2. The van der Waals surface area contributed by atoms with Crippen molar-refractivity contribution in [2.45, 2.75) is 0 Å². The summed E-state index contributed by atoms with van der Waals surface area (Å²) >= 11 is 1.39. The van der Waals surface area contributed by atoms with Crippen LogP contribution in [-0.4, -0.2) is 9.97 Å². The minimum atomic E-state index is -0.240. The first kappa shape index (κ1) is 11.8. The SMILES string of the molecule is Fc1ccccc1-c1cnc(Nc2ccccn2)s1. The molecular formula is C14H10FN3S. The van der Waals surface area contributed by atoms with Crippen LogP contribution in [0, 0.1) is 5.82 Å². The Balaban J connectivity index is 1.86. The van der Waals surface area contributed by atoms with Gasteiger partial charge in [0.1, 0.15) is 11.6 Å². The van der Waals surface area contributed by atoms with Crippen molar-refractivity contribution < 1.29 is 4.39 Å². The van der Waals surface area contributed by atoms with Gasteiger partial charge >= 0.3 is 0 Å². The highest BCUT2D eigenvalue weighted by atomic mass is 32.1. The molecule has 0 amide bonds. The summed E-state index contributed by atoms with van der Waals surface area (Å²) in [4.78, 5) is 9.17. The Morgan fingerprint density at radius 2 is 1.84 bits per heavy atom. The number of hydrogen-bond acceptors (Lipinski definition) is 4. The molecule has 2 heterocycles. The Morgan fingerprint density at radius 3 is 2.63 bits per heavy atom. The van der Waals surface area contributed by atoms with Crippen molar-refractivity contribution in [2.24, 2.45) is 0 Å². The van der Waals surface area contributed by atoms with Gasteiger partial charge in [-0.3, -0.25) is 0 Å². The van der Waals surface area contributed by atoms with Gasteiger partial charge in [0.2, 0.25) is 0 Å². The highest BCUT2D eigenvalue weighted by Crippen LogP contribution is 2.31. The van der Waals surface area contributed by atoms with E-state index >= 15 is 0 Å². The zero-order valence-corrected chi connectivity index (χ0v) is 10.7. The lowest BCUT2D eigenvalue weighted by molar-refractivity contribution is 0.631. The number of nitrogens with zero attached hydrogens (tertiary/aromatic N) is 2. The number of halogens is 1. The minimum absolute atomic E-state index is 0.240. The summed E-state index contributed by atoms with van der Waals surface area (Å²) in [5, 5.41) is 3.78. The Labute approximate surface area is 113 Å². The fourth-order valence-electron chi connectivity index (χ4n) is 1.66. The Bertz CT molecular complexity index is 682. The molecule has 0 aliphatic rings. The lowest BCUT2D eigenvalue weighted by atomic mass is 10.2. The quantitative estimate of drug-likeness (QED) is 0.779. The molecule has 0 saturated heterocycles. The zero-order chi connectivity index (χ0) is 13.1. The minimum Gasteiger partial charge on any atom is -0.316 e. The van der Waals surface area contributed by atoms with E-state index in [9.17, 15) is 4.39 Å². The number of hydrogen-bond donors (Lipinski definition) is 1. The molecule has 0 fully saturated rings. The van der Waals surface area contributed by atoms with Crippen LogP contribution in [0.3, 0.4) is 0 Å². The second-order valence-electron chi connectivity index (χ2n) is 3.85. The van der Waals surface area contributed by atoms with Crippen LogP contribution in [0.2, 0.25) is 0 Å². The molecule has 2 aromatic heterocycles. The maximum absolute atomic E-state index is 13.7. The molecule has 5 heteroatoms. The lowest BCUT2D eigenvalue weighted by Gasteiger charge is -2.00. The first-order valence-corrected chi connectivity index (χ1v) is 6.53. The average molecular weight is 271 g/mol. The van der Waals surface area contributed by atoms with Crippen molar-refractivity contribution >= 4 is 22.3 Å². The van der Waals surface area contributed by atoms with Gasteiger partial charge in [0.15, 0.2) is 5.13 Å². The van der Waals surface area contributed by atoms with Gasteiger partial charge in [0.05, 0.1) is 4.88 Å². The van der Waals surface area contributed by atoms with Gasteiger partial charge in [-0.25, -0.2) is 14.4 Å². The van der Waals surface area contributed by atoms with E-state index in [1.54, 1.807) is 24.5 Å². The summed E-state index contributed by atoms with van der Waals surface area (Å²) in [6.07, 6.45) is 3.36. The maximum atomic E-state index is 13.7. The van der Waals surface area contributed by atoms with Gasteiger partial charge in [0, 0.05) is 18.0 Å². The van der Waals surface area contributed by atoms with Gasteiger partial charge in [-0.2, -0.15) is 0 Å². The van der Waals surface area contributed by atoms with E-state index in [2.05, 4.69) is 15.3 Å². The third kappa shape index (κ3) is 2.61. The highest BCUT2D eigenvalue weighted by Gasteiger charge is 2.08. The second kappa shape index (κ2) is 5.16. The smallest absolute Gasteiger partial charge is 0.188 e. The van der Waals surface area contributed by atoms with Gasteiger partial charge < -0.3 is 5.32 Å². The van der Waals surface area contributed by atoms with Gasteiger partial charge in [0.25, 0.3) is 0 Å². The predicted molar refractivity (Wildman–Crippen MR) is 75.0 cm³/mol. The summed E-state index contributed by atoms with van der Waals surface area (Å²) in [7, 11) is 0. The molecule has 0 radical (unpaired) electrons. The number of aromatic nitrogens is 2. The molecule has 3 aromatic rings. The van der Waals surface area contributed by atoms with E-state index in [-0.39, 0.29) is 5.82 Å². The third-order valence-electron chi connectivity index (χ3n) is 2.54. The molecule has 0 aliphatic carbocycles. The molecule has 0 spiro atoms. The maximum Gasteiger partial charge on any atom is 0.188 e. The topological polar surface area (TPSA) is 37.8 Å². The first-order valence-electron chi connectivity index (χ1n) is 5.72. The second-order valence-corrected chi connectivity index (χ2v) is 4.88. The molecular weight excluding hydrogens is 261 g/mol. The fourth-order valence-corrected chi connectivity index (χ4v) is 2.51. The molecule has 0 saturated carbocycles. The Kier molecular flexibility index (Phi) is 3.20. The van der Waals surface area contributed by atoms with Crippen LogP contribution >= 0.6 is 11.3 Å². The Hall–Kier alpha value is -2.27. The molecule has 94 valence electrons. The van der Waals surface area contributed by atoms with Crippen molar-refractivity contribution in [2.75, 3.05) is 5.32 Å². The molecule has 0 unspecified atom stereocenters. The molecule has 3 rings (SSSR count). The normalized spacial score (nSPS) is 10.4. The van der Waals surface area contributed by atoms with E-state index in [0.29, 0.717) is 10.7 Å². The summed E-state index contributed by atoms with van der Waals surface area (Å²) in [6.45, 7) is 0. The van der Waals surface area contributed by atoms with Gasteiger partial charge in [-0.05, 0) is 18.2 Å². The number of thiazole rings is 1. The van der Waals surface area contributed by atoms with Crippen LogP contribution in [0.1, 0.15) is 0 Å². The van der Waals surface area contributed by atoms with Gasteiger partial charge in [-0.1, -0.05) is 35.6 Å². The van der Waals surface area contributed by atoms with Crippen molar-refractivity contribution in [3.8, 4) is 10.4 Å². The summed E-state index contributed by atoms with van der Waals surface area (Å²) in [6, 6.07) is 12.3. The van der Waals surface area contributed by atoms with Crippen LogP contribution < -0.4 is 5.32 Å². The van der Waals surface area contributed by atoms with Crippen LogP contribution in [0.15, 0.2) is 54.9 Å². The average Bonchev–Trinajstić information content (AvgIpc) is 2.89. The molecule has 19 heavy (non-hydrogen) atoms. The van der Waals surface area contributed by atoms with Gasteiger partial charge in [-0.15, -0.1) is 0 Å². The van der Waals surface area contributed by atoms with Crippen molar-refractivity contribution in [1.82, 2.24) is 9.97 Å². The molecule has 0 bridgehead atoms. The van der Waals surface area contributed by atoms with Crippen molar-refractivity contribution in [1.29, 1.82) is 0 Å². The van der Waals surface area contributed by atoms with E-state index in [4.69, 9.17) is 0 Å². The summed E-state index contributed by atoms with van der Waals surface area (Å²) in [5.41, 5.74) is 0.564. The summed E-state index contributed by atoms with van der Waals surface area (Å²) in [5.74, 6) is 0.479. The van der Waals surface area contributed by atoms with Crippen LogP contribution in [0.4, 0.5) is 15.3 Å². The third-order valence-corrected chi connectivity index (χ3v) is 3.49.